The Morgan fingerprint density at radius 3 is 2.64 bits per heavy atom. The quantitative estimate of drug-likeness (QED) is 0.855. The summed E-state index contributed by atoms with van der Waals surface area (Å²) < 4.78 is 11.1. The molecule has 4 heteroatoms. The molecule has 0 N–H and O–H groups in total. The topological polar surface area (TPSA) is 38.8 Å². The van der Waals surface area contributed by atoms with Crippen molar-refractivity contribution in [2.45, 2.75) is 25.6 Å². The summed E-state index contributed by atoms with van der Waals surface area (Å²) >= 11 is 0. The van der Waals surface area contributed by atoms with E-state index in [0.717, 1.165) is 34.1 Å². The zero-order valence-electron chi connectivity index (χ0n) is 12.8. The first-order valence-electron chi connectivity index (χ1n) is 7.68. The number of carbonyl (C=O) groups is 1. The maximum atomic E-state index is 13.0. The molecule has 2 bridgehead atoms. The van der Waals surface area contributed by atoms with Gasteiger partial charge in [0.2, 0.25) is 0 Å². The van der Waals surface area contributed by atoms with E-state index in [9.17, 15) is 4.79 Å². The van der Waals surface area contributed by atoms with Crippen LogP contribution in [0.2, 0.25) is 0 Å². The summed E-state index contributed by atoms with van der Waals surface area (Å²) in [5.74, 6) is 0.903. The van der Waals surface area contributed by atoms with Crippen LogP contribution in [0.4, 0.5) is 0 Å². The lowest BCUT2D eigenvalue weighted by Crippen LogP contribution is -2.58. The first kappa shape index (κ1) is 13.6. The molecule has 0 aromatic heterocycles. The molecule has 4 nitrogen and oxygen atoms in total. The van der Waals surface area contributed by atoms with E-state index >= 15 is 0 Å². The average molecular weight is 297 g/mol. The van der Waals surface area contributed by atoms with E-state index in [1.165, 1.54) is 0 Å². The van der Waals surface area contributed by atoms with E-state index in [1.54, 1.807) is 7.11 Å². The van der Waals surface area contributed by atoms with Crippen LogP contribution in [-0.4, -0.2) is 43.2 Å². The Kier molecular flexibility index (Phi) is 3.08. The van der Waals surface area contributed by atoms with E-state index in [0.29, 0.717) is 13.1 Å². The number of methoxy groups -OCH3 is 1. The van der Waals surface area contributed by atoms with Crippen LogP contribution in [0.3, 0.4) is 0 Å². The summed E-state index contributed by atoms with van der Waals surface area (Å²) in [4.78, 5) is 14.9. The molecule has 0 spiro atoms. The second-order valence-corrected chi connectivity index (χ2v) is 6.14. The highest BCUT2D eigenvalue weighted by Gasteiger charge is 2.40. The van der Waals surface area contributed by atoms with Crippen molar-refractivity contribution < 1.29 is 14.3 Å². The molecule has 2 atom stereocenters. The molecule has 2 unspecified atom stereocenters. The second-order valence-electron chi connectivity index (χ2n) is 6.14. The number of amides is 1. The number of hydrogen-bond donors (Lipinski definition) is 0. The molecule has 3 heterocycles. The van der Waals surface area contributed by atoms with Gasteiger partial charge in [0, 0.05) is 35.8 Å². The Balaban J connectivity index is 1.79. The zero-order chi connectivity index (χ0) is 15.3. The number of ether oxygens (including phenoxy) is 2. The third kappa shape index (κ3) is 1.98. The minimum absolute atomic E-state index is 0.0972. The van der Waals surface area contributed by atoms with Gasteiger partial charge in [-0.3, -0.25) is 4.79 Å². The summed E-state index contributed by atoms with van der Waals surface area (Å²) in [6.07, 6.45) is 1.55. The van der Waals surface area contributed by atoms with Crippen molar-refractivity contribution in [2.75, 3.05) is 20.2 Å². The Bertz CT molecular complexity index is 739. The summed E-state index contributed by atoms with van der Waals surface area (Å²) in [5, 5.41) is 1.98. The van der Waals surface area contributed by atoms with Crippen LogP contribution in [0.15, 0.2) is 30.3 Å². The van der Waals surface area contributed by atoms with E-state index < -0.39 is 0 Å². The van der Waals surface area contributed by atoms with Gasteiger partial charge in [-0.15, -0.1) is 0 Å². The number of morpholine rings is 1. The lowest BCUT2D eigenvalue weighted by molar-refractivity contribution is -0.171. The molecule has 114 valence electrons. The molecule has 0 radical (unpaired) electrons. The smallest absolute Gasteiger partial charge is 0.254 e. The van der Waals surface area contributed by atoms with Crippen LogP contribution in [0.5, 0.6) is 5.75 Å². The maximum Gasteiger partial charge on any atom is 0.254 e. The number of benzene rings is 2. The third-order valence-electron chi connectivity index (χ3n) is 4.71. The molecule has 0 saturated carbocycles. The third-order valence-corrected chi connectivity index (χ3v) is 4.71. The number of hydrogen-bond acceptors (Lipinski definition) is 3. The lowest BCUT2D eigenvalue weighted by Gasteiger charge is -2.47. The van der Waals surface area contributed by atoms with Crippen molar-refractivity contribution in [3.05, 3.63) is 41.5 Å². The van der Waals surface area contributed by atoms with Gasteiger partial charge in [0.05, 0.1) is 19.3 Å². The van der Waals surface area contributed by atoms with Crippen molar-refractivity contribution >= 4 is 16.7 Å². The SMILES string of the molecule is COc1ccc(C(=O)N2CC3CC(C2)O3)c2c(C)cccc12. The number of carbonyl (C=O) groups excluding carboxylic acids is 1. The Hall–Kier alpha value is -2.07. The van der Waals surface area contributed by atoms with Crippen molar-refractivity contribution in [1.82, 2.24) is 4.90 Å². The highest BCUT2D eigenvalue weighted by Crippen LogP contribution is 2.33. The zero-order valence-corrected chi connectivity index (χ0v) is 12.8. The van der Waals surface area contributed by atoms with Gasteiger partial charge < -0.3 is 14.4 Å². The maximum absolute atomic E-state index is 13.0. The first-order chi connectivity index (χ1) is 10.7. The fourth-order valence-corrected chi connectivity index (χ4v) is 3.61. The number of aryl methyl sites for hydroxylation is 1. The van der Waals surface area contributed by atoms with Crippen LogP contribution < -0.4 is 4.74 Å². The van der Waals surface area contributed by atoms with E-state index in [1.807, 2.05) is 42.2 Å². The van der Waals surface area contributed by atoms with Gasteiger partial charge >= 0.3 is 0 Å². The summed E-state index contributed by atoms with van der Waals surface area (Å²) in [6.45, 7) is 3.44. The molecule has 3 aliphatic heterocycles. The van der Waals surface area contributed by atoms with Crippen molar-refractivity contribution in [3.8, 4) is 5.75 Å². The first-order valence-corrected chi connectivity index (χ1v) is 7.68. The van der Waals surface area contributed by atoms with Crippen LogP contribution in [0, 0.1) is 6.92 Å². The van der Waals surface area contributed by atoms with Crippen molar-refractivity contribution in [1.29, 1.82) is 0 Å². The molecule has 2 aromatic rings. The molecule has 2 aromatic carbocycles. The van der Waals surface area contributed by atoms with Crippen LogP contribution in [0.25, 0.3) is 10.8 Å². The van der Waals surface area contributed by atoms with E-state index in [2.05, 4.69) is 0 Å². The molecular weight excluding hydrogens is 278 g/mol. The largest absolute Gasteiger partial charge is 0.496 e. The molecule has 5 rings (SSSR count). The van der Waals surface area contributed by atoms with Gasteiger partial charge in [0.1, 0.15) is 5.75 Å². The van der Waals surface area contributed by atoms with Crippen molar-refractivity contribution in [2.24, 2.45) is 0 Å². The van der Waals surface area contributed by atoms with Gasteiger partial charge in [-0.05, 0) is 24.6 Å². The number of nitrogens with zero attached hydrogens (tertiary/aromatic N) is 1. The molecule has 22 heavy (non-hydrogen) atoms. The van der Waals surface area contributed by atoms with Crippen LogP contribution in [0.1, 0.15) is 22.3 Å². The second kappa shape index (κ2) is 4.99. The lowest BCUT2D eigenvalue weighted by atomic mass is 9.95. The fraction of sp³-hybridized carbons (Fsp3) is 0.389. The van der Waals surface area contributed by atoms with Gasteiger partial charge in [0.15, 0.2) is 0 Å². The Morgan fingerprint density at radius 1 is 1.23 bits per heavy atom. The predicted molar refractivity (Wildman–Crippen MR) is 84.4 cm³/mol. The van der Waals surface area contributed by atoms with Gasteiger partial charge in [-0.1, -0.05) is 18.2 Å². The Morgan fingerprint density at radius 2 is 1.95 bits per heavy atom. The van der Waals surface area contributed by atoms with E-state index in [-0.39, 0.29) is 18.1 Å². The van der Waals surface area contributed by atoms with Crippen molar-refractivity contribution in [3.63, 3.8) is 0 Å². The molecule has 3 aliphatic rings. The van der Waals surface area contributed by atoms with Gasteiger partial charge in [0.25, 0.3) is 5.91 Å². The molecule has 1 amide bonds. The minimum Gasteiger partial charge on any atom is -0.496 e. The van der Waals surface area contributed by atoms with Crippen LogP contribution >= 0.6 is 0 Å². The number of piperidine rings is 1. The molecule has 3 fully saturated rings. The summed E-state index contributed by atoms with van der Waals surface area (Å²) in [7, 11) is 1.66. The highest BCUT2D eigenvalue weighted by atomic mass is 16.5. The fourth-order valence-electron chi connectivity index (χ4n) is 3.61. The summed E-state index contributed by atoms with van der Waals surface area (Å²) in [6, 6.07) is 9.82. The molecule has 3 saturated heterocycles. The summed E-state index contributed by atoms with van der Waals surface area (Å²) in [5.41, 5.74) is 1.85. The number of rotatable bonds is 2. The number of fused-ring (bicyclic) bond motifs is 3. The normalized spacial score (nSPS) is 23.3. The highest BCUT2D eigenvalue weighted by molar-refractivity contribution is 6.09. The minimum atomic E-state index is 0.0972. The standard InChI is InChI=1S/C18H19NO3/c1-11-4-3-5-14-16(21-2)7-6-15(17(11)14)18(20)19-9-12-8-13(10-19)22-12/h3-7,12-13H,8-10H2,1-2H3. The van der Waals surface area contributed by atoms with Gasteiger partial charge in [-0.2, -0.15) is 0 Å². The molecule has 0 aliphatic carbocycles. The predicted octanol–water partition coefficient (Wildman–Crippen LogP) is 2.77. The van der Waals surface area contributed by atoms with Gasteiger partial charge in [-0.25, -0.2) is 0 Å². The van der Waals surface area contributed by atoms with Crippen LogP contribution in [-0.2, 0) is 4.74 Å². The monoisotopic (exact) mass is 297 g/mol. The molecular formula is C18H19NO3. The average Bonchev–Trinajstić information content (AvgIpc) is 2.53. The Labute approximate surface area is 129 Å². The van der Waals surface area contributed by atoms with E-state index in [4.69, 9.17) is 9.47 Å².